The summed E-state index contributed by atoms with van der Waals surface area (Å²) in [5.41, 5.74) is 7.59. The third-order valence-corrected chi connectivity index (χ3v) is 2.42. The molecule has 0 radical (unpaired) electrons. The van der Waals surface area contributed by atoms with E-state index in [-0.39, 0.29) is 12.6 Å². The van der Waals surface area contributed by atoms with Crippen LogP contribution in [-0.2, 0) is 0 Å². The molecule has 0 fully saturated rings. The van der Waals surface area contributed by atoms with Gasteiger partial charge in [-0.1, -0.05) is 6.07 Å². The van der Waals surface area contributed by atoms with Gasteiger partial charge in [-0.25, -0.2) is 0 Å². The minimum atomic E-state index is 0.194. The highest BCUT2D eigenvalue weighted by Crippen LogP contribution is 2.23. The monoisotopic (exact) mass is 219 g/mol. The Balaban J connectivity index is 2.70. The van der Waals surface area contributed by atoms with Crippen molar-refractivity contribution in [2.24, 2.45) is 0 Å². The fraction of sp³-hybridized carbons (Fsp3) is 0.417. The van der Waals surface area contributed by atoms with Gasteiger partial charge in [0.05, 0.1) is 16.9 Å². The lowest BCUT2D eigenvalue weighted by Gasteiger charge is -2.16. The minimum absolute atomic E-state index is 0.194. The second-order valence-corrected chi connectivity index (χ2v) is 3.79. The molecule has 0 bridgehead atoms. The van der Waals surface area contributed by atoms with E-state index in [2.05, 4.69) is 5.32 Å². The van der Waals surface area contributed by atoms with Gasteiger partial charge in [-0.15, -0.1) is 0 Å². The molecule has 86 valence electrons. The van der Waals surface area contributed by atoms with Crippen LogP contribution in [0.4, 0.5) is 11.4 Å². The molecule has 1 atom stereocenters. The molecule has 0 aliphatic carbocycles. The summed E-state index contributed by atoms with van der Waals surface area (Å²) in [7, 11) is 0. The van der Waals surface area contributed by atoms with Crippen LogP contribution in [0.2, 0.25) is 0 Å². The van der Waals surface area contributed by atoms with Crippen molar-refractivity contribution in [3.63, 3.8) is 0 Å². The van der Waals surface area contributed by atoms with Gasteiger partial charge < -0.3 is 16.2 Å². The number of nitrogens with two attached hydrogens (primary N) is 1. The first-order chi connectivity index (χ1) is 7.69. The molecule has 16 heavy (non-hydrogen) atoms. The Hall–Kier alpha value is -1.73. The van der Waals surface area contributed by atoms with E-state index in [9.17, 15) is 0 Å². The minimum Gasteiger partial charge on any atom is -0.396 e. The van der Waals surface area contributed by atoms with Gasteiger partial charge in [0.2, 0.25) is 0 Å². The Labute approximate surface area is 95.7 Å². The van der Waals surface area contributed by atoms with Crippen molar-refractivity contribution in [1.82, 2.24) is 0 Å². The van der Waals surface area contributed by atoms with Crippen LogP contribution in [0.5, 0.6) is 0 Å². The summed E-state index contributed by atoms with van der Waals surface area (Å²) in [6, 6.07) is 7.62. The van der Waals surface area contributed by atoms with Crippen LogP contribution in [-0.4, -0.2) is 17.8 Å². The Morgan fingerprint density at radius 1 is 1.56 bits per heavy atom. The standard InChI is InChI=1S/C12H17N3O/c1-9(4-3-7-16)15-11-6-2-5-10(8-13)12(11)14/h2,5-6,9,15-16H,3-4,7,14H2,1H3. The normalized spacial score (nSPS) is 11.8. The molecule has 0 saturated heterocycles. The number of rotatable bonds is 5. The maximum atomic E-state index is 8.83. The number of hydrogen-bond donors (Lipinski definition) is 3. The first-order valence-corrected chi connectivity index (χ1v) is 5.35. The highest BCUT2D eigenvalue weighted by Gasteiger charge is 2.07. The number of aliphatic hydroxyl groups is 1. The molecule has 0 aromatic heterocycles. The summed E-state index contributed by atoms with van der Waals surface area (Å²) in [4.78, 5) is 0. The van der Waals surface area contributed by atoms with Gasteiger partial charge in [0.15, 0.2) is 0 Å². The molecule has 0 saturated carbocycles. The largest absolute Gasteiger partial charge is 0.396 e. The Morgan fingerprint density at radius 2 is 2.31 bits per heavy atom. The van der Waals surface area contributed by atoms with Crippen molar-refractivity contribution in [3.05, 3.63) is 23.8 Å². The van der Waals surface area contributed by atoms with E-state index in [0.29, 0.717) is 11.3 Å². The van der Waals surface area contributed by atoms with Crippen LogP contribution in [0.25, 0.3) is 0 Å². The third-order valence-electron chi connectivity index (χ3n) is 2.42. The van der Waals surface area contributed by atoms with E-state index in [1.807, 2.05) is 19.1 Å². The maximum Gasteiger partial charge on any atom is 0.101 e. The third kappa shape index (κ3) is 3.14. The van der Waals surface area contributed by atoms with Crippen LogP contribution in [0.15, 0.2) is 18.2 Å². The molecule has 1 unspecified atom stereocenters. The lowest BCUT2D eigenvalue weighted by atomic mass is 10.1. The van der Waals surface area contributed by atoms with Crippen LogP contribution in [0.3, 0.4) is 0 Å². The molecule has 1 aromatic carbocycles. The SMILES string of the molecule is CC(CCCO)Nc1cccc(C#N)c1N. The van der Waals surface area contributed by atoms with Crippen molar-refractivity contribution >= 4 is 11.4 Å². The summed E-state index contributed by atoms with van der Waals surface area (Å²) in [6.45, 7) is 2.22. The van der Waals surface area contributed by atoms with E-state index in [0.717, 1.165) is 18.5 Å². The van der Waals surface area contributed by atoms with E-state index in [1.165, 1.54) is 0 Å². The maximum absolute atomic E-state index is 8.83. The molecule has 1 rings (SSSR count). The topological polar surface area (TPSA) is 82.1 Å². The molecule has 1 aromatic rings. The molecular weight excluding hydrogens is 202 g/mol. The molecule has 0 spiro atoms. The van der Waals surface area contributed by atoms with Gasteiger partial charge in [-0.05, 0) is 31.9 Å². The quantitative estimate of drug-likeness (QED) is 0.658. The summed E-state index contributed by atoms with van der Waals surface area (Å²) in [6.07, 6.45) is 1.62. The number of anilines is 2. The first kappa shape index (κ1) is 12.3. The second-order valence-electron chi connectivity index (χ2n) is 3.79. The number of aliphatic hydroxyl groups excluding tert-OH is 1. The highest BCUT2D eigenvalue weighted by atomic mass is 16.2. The predicted octanol–water partition coefficient (Wildman–Crippen LogP) is 1.71. The Kier molecular flexibility index (Phi) is 4.62. The lowest BCUT2D eigenvalue weighted by molar-refractivity contribution is 0.282. The van der Waals surface area contributed by atoms with Crippen molar-refractivity contribution in [1.29, 1.82) is 5.26 Å². The Morgan fingerprint density at radius 3 is 2.94 bits per heavy atom. The molecule has 0 amide bonds. The van der Waals surface area contributed by atoms with Crippen LogP contribution >= 0.6 is 0 Å². The van der Waals surface area contributed by atoms with Crippen LogP contribution in [0, 0.1) is 11.3 Å². The van der Waals surface area contributed by atoms with Gasteiger partial charge in [0.25, 0.3) is 0 Å². The first-order valence-electron chi connectivity index (χ1n) is 5.35. The molecule has 4 heteroatoms. The fourth-order valence-corrected chi connectivity index (χ4v) is 1.52. The molecule has 0 heterocycles. The van der Waals surface area contributed by atoms with Gasteiger partial charge in [0.1, 0.15) is 6.07 Å². The highest BCUT2D eigenvalue weighted by molar-refractivity contribution is 5.73. The van der Waals surface area contributed by atoms with Crippen LogP contribution in [0.1, 0.15) is 25.3 Å². The molecule has 0 aliphatic rings. The molecule has 0 aliphatic heterocycles. The number of nitrogens with one attached hydrogen (secondary N) is 1. The fourth-order valence-electron chi connectivity index (χ4n) is 1.52. The molecule has 4 nitrogen and oxygen atoms in total. The summed E-state index contributed by atoms with van der Waals surface area (Å²) in [5, 5.41) is 20.8. The second kappa shape index (κ2) is 5.99. The van der Waals surface area contributed by atoms with Gasteiger partial charge in [-0.2, -0.15) is 5.26 Å². The number of nitriles is 1. The van der Waals surface area contributed by atoms with Crippen molar-refractivity contribution in [3.8, 4) is 6.07 Å². The van der Waals surface area contributed by atoms with E-state index in [4.69, 9.17) is 16.1 Å². The number of nitrogens with zero attached hydrogens (tertiary/aromatic N) is 1. The zero-order chi connectivity index (χ0) is 12.0. The van der Waals surface area contributed by atoms with E-state index >= 15 is 0 Å². The van der Waals surface area contributed by atoms with Gasteiger partial charge >= 0.3 is 0 Å². The van der Waals surface area contributed by atoms with Gasteiger partial charge in [-0.3, -0.25) is 0 Å². The average molecular weight is 219 g/mol. The van der Waals surface area contributed by atoms with Crippen molar-refractivity contribution < 1.29 is 5.11 Å². The van der Waals surface area contributed by atoms with Gasteiger partial charge in [0, 0.05) is 12.6 Å². The number of nitrogen functional groups attached to an aromatic ring is 1. The van der Waals surface area contributed by atoms with E-state index in [1.54, 1.807) is 12.1 Å². The lowest BCUT2D eigenvalue weighted by Crippen LogP contribution is -2.16. The number of para-hydroxylation sites is 1. The molecular formula is C12H17N3O. The van der Waals surface area contributed by atoms with Crippen molar-refractivity contribution in [2.45, 2.75) is 25.8 Å². The average Bonchev–Trinajstić information content (AvgIpc) is 2.29. The number of benzene rings is 1. The summed E-state index contributed by atoms with van der Waals surface area (Å²) < 4.78 is 0. The summed E-state index contributed by atoms with van der Waals surface area (Å²) in [5.74, 6) is 0. The van der Waals surface area contributed by atoms with E-state index < -0.39 is 0 Å². The van der Waals surface area contributed by atoms with Crippen LogP contribution < -0.4 is 11.1 Å². The zero-order valence-corrected chi connectivity index (χ0v) is 9.40. The zero-order valence-electron chi connectivity index (χ0n) is 9.40. The smallest absolute Gasteiger partial charge is 0.101 e. The number of hydrogen-bond acceptors (Lipinski definition) is 4. The summed E-state index contributed by atoms with van der Waals surface area (Å²) >= 11 is 0. The van der Waals surface area contributed by atoms with Crippen molar-refractivity contribution in [2.75, 3.05) is 17.7 Å². The predicted molar refractivity (Wildman–Crippen MR) is 65.0 cm³/mol. The Bertz CT molecular complexity index is 384. The molecule has 4 N–H and O–H groups in total.